The number of ether oxygens (including phenoxy) is 7. The third kappa shape index (κ3) is 19.9. The number of benzene rings is 2. The van der Waals surface area contributed by atoms with Crippen LogP contribution in [0.5, 0.6) is 11.5 Å². The zero-order valence-electron chi connectivity index (χ0n) is 66.5. The van der Waals surface area contributed by atoms with Gasteiger partial charge in [0.25, 0.3) is 11.8 Å². The van der Waals surface area contributed by atoms with E-state index in [1.54, 1.807) is 37.9 Å². The molecule has 1 spiro atoms. The average molecular weight is 1630 g/mol. The van der Waals surface area contributed by atoms with Gasteiger partial charge in [-0.1, -0.05) is 80.0 Å². The summed E-state index contributed by atoms with van der Waals surface area (Å²) >= 11 is 0. The summed E-state index contributed by atoms with van der Waals surface area (Å²) in [7, 11) is -4.52. The molecular weight excluding hydrogens is 1510 g/mol. The van der Waals surface area contributed by atoms with E-state index in [0.29, 0.717) is 96.9 Å². The molecule has 31 nitrogen and oxygen atoms in total. The van der Waals surface area contributed by atoms with Gasteiger partial charge >= 0.3 is 24.1 Å². The molecule has 12 aliphatic rings. The first-order valence-corrected chi connectivity index (χ1v) is 43.7. The molecule has 626 valence electrons. The Morgan fingerprint density at radius 2 is 1.00 bits per heavy atom. The van der Waals surface area contributed by atoms with E-state index in [9.17, 15) is 60.3 Å². The molecule has 2 aromatic rings. The molecule has 5 aliphatic carbocycles. The normalized spacial score (nSPS) is 31.4. The molecule has 1 unspecified atom stereocenters. The van der Waals surface area contributed by atoms with Gasteiger partial charge in [0.05, 0.1) is 42.0 Å². The number of urea groups is 3. The largest absolute Gasteiger partial charge is 0.497 e. The van der Waals surface area contributed by atoms with Crippen molar-refractivity contribution in [2.24, 2.45) is 22.7 Å². The van der Waals surface area contributed by atoms with Crippen LogP contribution < -0.4 is 34.9 Å². The molecule has 6 N–H and O–H groups in total. The smallest absolute Gasteiger partial charge is 0.341 e. The van der Waals surface area contributed by atoms with Gasteiger partial charge in [-0.3, -0.25) is 28.6 Å². The Labute approximate surface area is 668 Å². The maximum Gasteiger partial charge on any atom is 0.341 e. The first-order chi connectivity index (χ1) is 54.6. The SMILES string of the molecule is CC1(S(=O)(=O)NC(=O)[C@@]23C[C@H]2/C=C\CCCCCNC(=O)N2C[C@H](O)C[C@H]2C(=O)N3)CC1.CCOCO[C@@H]1C[C@H]2C(=O)N[C@]3(C(=O)NS(=O)(=O)C4(C)CC4)C[C@H]3/C=C\CCCCCN(Cc3ccc(OC)cc3)C(=O)N2C1.CCOCO[C@@H]1C[C@H]2C3=NC4(C[C@H]4/C=C\CCCCCN(Cc4ccc(OC)cc4)C(=O)N2C1)C(=O)O3. The Morgan fingerprint density at radius 1 is 0.561 bits per heavy atom. The minimum Gasteiger partial charge on any atom is -0.497 e. The lowest BCUT2D eigenvalue weighted by molar-refractivity contribution is -0.136. The van der Waals surface area contributed by atoms with E-state index in [1.807, 2.05) is 91.6 Å². The molecule has 114 heavy (non-hydrogen) atoms. The summed E-state index contributed by atoms with van der Waals surface area (Å²) in [5, 5.41) is 18.5. The lowest BCUT2D eigenvalue weighted by Crippen LogP contribution is -2.58. The number of fused-ring (bicyclic) bond motifs is 6. The number of nitrogens with one attached hydrogen (secondary N) is 5. The van der Waals surface area contributed by atoms with Gasteiger partial charge in [0, 0.05) is 103 Å². The Hall–Kier alpha value is -8.21. The first-order valence-electron chi connectivity index (χ1n) is 40.7. The van der Waals surface area contributed by atoms with Crippen LogP contribution >= 0.6 is 0 Å². The van der Waals surface area contributed by atoms with E-state index in [0.717, 1.165) is 99.7 Å². The summed E-state index contributed by atoms with van der Waals surface area (Å²) in [6.07, 6.45) is 25.2. The number of carbonyl (C=O) groups excluding carboxylic acids is 8. The highest BCUT2D eigenvalue weighted by Crippen LogP contribution is 2.53. The number of amides is 10. The highest BCUT2D eigenvalue weighted by Gasteiger charge is 2.67. The molecule has 8 fully saturated rings. The third-order valence-electron chi connectivity index (χ3n) is 24.3. The van der Waals surface area contributed by atoms with Crippen LogP contribution in [-0.2, 0) is 80.8 Å². The van der Waals surface area contributed by atoms with Crippen molar-refractivity contribution in [2.75, 3.05) is 80.3 Å². The van der Waals surface area contributed by atoms with Crippen molar-refractivity contribution in [3.63, 3.8) is 0 Å². The fourth-order valence-corrected chi connectivity index (χ4v) is 18.6. The number of hydrogen-bond acceptors (Lipinski definition) is 21. The number of methoxy groups -OCH3 is 2. The average Bonchev–Trinajstić information content (AvgIpc) is 1.37. The highest BCUT2D eigenvalue weighted by atomic mass is 32.2. The number of nitrogens with zero attached hydrogens (tertiary/aromatic N) is 6. The van der Waals surface area contributed by atoms with E-state index in [2.05, 4.69) is 37.5 Å². The van der Waals surface area contributed by atoms with Gasteiger partial charge in [0.15, 0.2) is 5.54 Å². The van der Waals surface area contributed by atoms with Crippen molar-refractivity contribution in [3.8, 4) is 11.5 Å². The van der Waals surface area contributed by atoms with Crippen LogP contribution in [-0.4, -0.2) is 243 Å². The summed E-state index contributed by atoms with van der Waals surface area (Å²) in [5.41, 5.74) is -1.64. The predicted molar refractivity (Wildman–Crippen MR) is 420 cm³/mol. The molecule has 33 heteroatoms. The van der Waals surface area contributed by atoms with Gasteiger partial charge in [-0.15, -0.1) is 0 Å². The summed E-state index contributed by atoms with van der Waals surface area (Å²) in [5.74, 6) is -1.61. The number of rotatable bonds is 20. The number of carbonyl (C=O) groups is 8. The van der Waals surface area contributed by atoms with Crippen LogP contribution in [0.4, 0.5) is 14.4 Å². The maximum atomic E-state index is 14.2. The topological polar surface area (TPSA) is 378 Å². The van der Waals surface area contributed by atoms with Gasteiger partial charge in [0.1, 0.15) is 54.3 Å². The first kappa shape index (κ1) is 85.2. The molecule has 5 saturated carbocycles. The van der Waals surface area contributed by atoms with Crippen LogP contribution in [0.2, 0.25) is 0 Å². The number of allylic oxidation sites excluding steroid dienone is 3. The van der Waals surface area contributed by atoms with E-state index < -0.39 is 106 Å². The zero-order valence-corrected chi connectivity index (χ0v) is 68.2. The second-order valence-electron chi connectivity index (χ2n) is 32.7. The number of aliphatic hydroxyl groups excluding tert-OH is 1. The van der Waals surface area contributed by atoms with Crippen molar-refractivity contribution in [1.29, 1.82) is 0 Å². The van der Waals surface area contributed by atoms with Crippen molar-refractivity contribution < 1.29 is 93.5 Å². The van der Waals surface area contributed by atoms with Crippen LogP contribution in [0.25, 0.3) is 0 Å². The summed E-state index contributed by atoms with van der Waals surface area (Å²) in [4.78, 5) is 121. The molecule has 7 aliphatic heterocycles. The quantitative estimate of drug-likeness (QED) is 0.0332. The molecule has 7 heterocycles. The van der Waals surface area contributed by atoms with Crippen LogP contribution in [0.3, 0.4) is 0 Å². The van der Waals surface area contributed by atoms with E-state index in [-0.39, 0.29) is 94.2 Å². The maximum absolute atomic E-state index is 14.2. The second kappa shape index (κ2) is 36.5. The predicted octanol–water partition coefficient (Wildman–Crippen LogP) is 7.12. The van der Waals surface area contributed by atoms with Crippen LogP contribution in [0.15, 0.2) is 90.0 Å². The summed E-state index contributed by atoms with van der Waals surface area (Å²) in [6.45, 7) is 11.2. The van der Waals surface area contributed by atoms with Gasteiger partial charge in [-0.2, -0.15) is 0 Å². The van der Waals surface area contributed by atoms with Gasteiger partial charge in [-0.05, 0) is 166 Å². The third-order valence-corrected chi connectivity index (χ3v) is 28.6. The molecule has 2 aromatic carbocycles. The molecule has 2 bridgehead atoms. The number of sulfonamides is 2. The monoisotopic (exact) mass is 1630 g/mol. The number of aliphatic hydroxyl groups is 1. The fraction of sp³-hybridized carbons (Fsp3) is 0.667. The van der Waals surface area contributed by atoms with Gasteiger partial charge in [0.2, 0.25) is 37.8 Å². The summed E-state index contributed by atoms with van der Waals surface area (Å²) in [6, 6.07) is 12.2. The molecular formula is C81H115N11O20S2. The minimum absolute atomic E-state index is 0.0270. The lowest BCUT2D eigenvalue weighted by Gasteiger charge is -2.32. The van der Waals surface area contributed by atoms with Crippen molar-refractivity contribution >= 4 is 73.6 Å². The standard InChI is InChI=1S/C32H46N4O8S.C28H37N3O6.C21H32N4O6S/c1-4-43-22-44-26-18-27-28(37)33-32(29(38)34-45(40,41)31(2)15-16-31)19-24(32)10-8-6-5-7-9-17-35(30(39)36(27)21-26)20-23-11-13-25(42-3)14-12-23;1-3-35-19-36-23-15-24-25-29-28(26(32)37-25)16-21(28)9-7-5-4-6-8-14-30(27(33)31(24)18-23)17-20-10-12-22(34-2)13-11-20;1-20(8-9-20)32(30,31)24-18(28)21-12-14(21)7-5-3-2-4-6-10-22-19(29)25-13-15(26)11-16(25)17(27)23-21/h8,10-14,24,26-27H,4-7,9,15-22H2,1-3H3,(H,33,37)(H,34,38);7,9-13,21,23-24H,3-6,8,14-19H2,1-2H3;5,7,14-16,26H,2-4,6,8-13H2,1H3,(H,22,29)(H,23,27)(H,24,28)/b10-8-;9-7-;7-5-/t24-,26-,27+,32-;21-,23-,24+,28?;14-,15-,16+,21-/m111/s1. The second-order valence-corrected chi connectivity index (χ2v) is 37.1. The highest BCUT2D eigenvalue weighted by molar-refractivity contribution is 7.92. The number of esters is 1. The molecule has 0 radical (unpaired) electrons. The van der Waals surface area contributed by atoms with E-state index in [1.165, 1.54) is 9.80 Å². The Bertz CT molecular complexity index is 4180. The van der Waals surface area contributed by atoms with Crippen molar-refractivity contribution in [1.82, 2.24) is 49.9 Å². The van der Waals surface area contributed by atoms with Crippen LogP contribution in [0, 0.1) is 17.8 Å². The molecule has 3 saturated heterocycles. The molecule has 10 amide bonds. The van der Waals surface area contributed by atoms with Crippen molar-refractivity contribution in [2.45, 2.75) is 245 Å². The Morgan fingerprint density at radius 3 is 1.46 bits per heavy atom. The summed E-state index contributed by atoms with van der Waals surface area (Å²) < 4.78 is 92.6. The van der Waals surface area contributed by atoms with E-state index in [4.69, 9.17) is 38.2 Å². The van der Waals surface area contributed by atoms with Crippen LogP contribution in [0.1, 0.15) is 180 Å². The molecule has 12 atom stereocenters. The van der Waals surface area contributed by atoms with Gasteiger partial charge in [-0.25, -0.2) is 41.0 Å². The minimum atomic E-state index is -3.91. The molecule has 14 rings (SSSR count). The lowest BCUT2D eigenvalue weighted by atomic mass is 10.1. The Balaban J connectivity index is 0.000000161. The van der Waals surface area contributed by atoms with E-state index >= 15 is 0 Å². The van der Waals surface area contributed by atoms with Gasteiger partial charge < -0.3 is 78.7 Å². The number of hydrogen-bond donors (Lipinski definition) is 6. The fourth-order valence-electron chi connectivity index (χ4n) is 16.0. The molecule has 0 aromatic heterocycles. The number of aliphatic imine (C=N–C) groups is 1. The van der Waals surface area contributed by atoms with Crippen molar-refractivity contribution in [3.05, 3.63) is 96.1 Å². The Kier molecular flexibility index (Phi) is 27.3. The zero-order chi connectivity index (χ0) is 81.2.